The van der Waals surface area contributed by atoms with Gasteiger partial charge in [0, 0.05) is 17.7 Å². The molecule has 1 aromatic carbocycles. The lowest BCUT2D eigenvalue weighted by molar-refractivity contribution is 0.553. The fourth-order valence-corrected chi connectivity index (χ4v) is 2.27. The topological polar surface area (TPSA) is 29.9 Å². The molecule has 0 aliphatic rings. The Bertz CT molecular complexity index is 490. The molecule has 0 spiro atoms. The van der Waals surface area contributed by atoms with Gasteiger partial charge in [0.25, 0.3) is 0 Å². The quantitative estimate of drug-likeness (QED) is 0.919. The van der Waals surface area contributed by atoms with Crippen LogP contribution in [0.1, 0.15) is 30.6 Å². The molecule has 96 valence electrons. The highest BCUT2D eigenvalue weighted by atomic mass is 79.9. The van der Waals surface area contributed by atoms with Gasteiger partial charge in [-0.2, -0.15) is 5.10 Å². The van der Waals surface area contributed by atoms with Gasteiger partial charge in [-0.25, -0.2) is 0 Å². The summed E-state index contributed by atoms with van der Waals surface area (Å²) in [5.74, 6) is 0. The fourth-order valence-electron chi connectivity index (χ4n) is 2.00. The molecule has 2 rings (SSSR count). The van der Waals surface area contributed by atoms with Crippen LogP contribution in [0.3, 0.4) is 0 Å². The van der Waals surface area contributed by atoms with Gasteiger partial charge in [0.1, 0.15) is 0 Å². The molecular formula is C14H18BrN3. The van der Waals surface area contributed by atoms with Crippen LogP contribution in [0.5, 0.6) is 0 Å². The van der Waals surface area contributed by atoms with Crippen molar-refractivity contribution in [2.24, 2.45) is 7.05 Å². The van der Waals surface area contributed by atoms with Crippen LogP contribution in [-0.4, -0.2) is 16.3 Å². The summed E-state index contributed by atoms with van der Waals surface area (Å²) in [6, 6.07) is 10.7. The summed E-state index contributed by atoms with van der Waals surface area (Å²) in [5, 5.41) is 7.83. The third kappa shape index (κ3) is 3.00. The van der Waals surface area contributed by atoms with Crippen molar-refractivity contribution in [1.82, 2.24) is 15.1 Å². The van der Waals surface area contributed by atoms with E-state index in [-0.39, 0.29) is 6.04 Å². The molecule has 2 aromatic rings. The average molecular weight is 308 g/mol. The second-order valence-corrected chi connectivity index (χ2v) is 5.23. The molecule has 3 nitrogen and oxygen atoms in total. The first-order valence-corrected chi connectivity index (χ1v) is 6.98. The van der Waals surface area contributed by atoms with Crippen molar-refractivity contribution < 1.29 is 0 Å². The van der Waals surface area contributed by atoms with Crippen LogP contribution < -0.4 is 5.32 Å². The number of benzene rings is 1. The molecule has 0 fully saturated rings. The molecule has 1 N–H and O–H groups in total. The predicted molar refractivity (Wildman–Crippen MR) is 77.5 cm³/mol. The fraction of sp³-hybridized carbons (Fsp3) is 0.357. The van der Waals surface area contributed by atoms with Crippen molar-refractivity contribution in [1.29, 1.82) is 0 Å². The third-order valence-electron chi connectivity index (χ3n) is 2.96. The molecule has 0 radical (unpaired) electrons. The van der Waals surface area contributed by atoms with Gasteiger partial charge in [-0.1, -0.05) is 35.0 Å². The molecule has 18 heavy (non-hydrogen) atoms. The number of hydrogen-bond acceptors (Lipinski definition) is 2. The molecule has 4 heteroatoms. The van der Waals surface area contributed by atoms with Gasteiger partial charge in [-0.15, -0.1) is 0 Å². The van der Waals surface area contributed by atoms with Gasteiger partial charge in [0.2, 0.25) is 0 Å². The first-order chi connectivity index (χ1) is 8.72. The second kappa shape index (κ2) is 6.16. The molecule has 0 bridgehead atoms. The van der Waals surface area contributed by atoms with E-state index in [1.165, 1.54) is 11.3 Å². The standard InChI is InChI=1S/C14H18BrN3/c1-3-9-16-14(13-8-10-17-18(13)2)11-4-6-12(15)7-5-11/h4-8,10,14,16H,3,9H2,1-2H3. The zero-order chi connectivity index (χ0) is 13.0. The Morgan fingerprint density at radius 2 is 2.00 bits per heavy atom. The molecule has 0 amide bonds. The van der Waals surface area contributed by atoms with E-state index < -0.39 is 0 Å². The van der Waals surface area contributed by atoms with Crippen molar-refractivity contribution in [2.75, 3.05) is 6.54 Å². The number of rotatable bonds is 5. The highest BCUT2D eigenvalue weighted by Crippen LogP contribution is 2.23. The van der Waals surface area contributed by atoms with E-state index in [9.17, 15) is 0 Å². The van der Waals surface area contributed by atoms with Gasteiger partial charge < -0.3 is 5.32 Å². The van der Waals surface area contributed by atoms with Crippen molar-refractivity contribution in [3.05, 3.63) is 52.3 Å². The van der Waals surface area contributed by atoms with Crippen molar-refractivity contribution in [2.45, 2.75) is 19.4 Å². The maximum atomic E-state index is 4.26. The molecule has 0 aliphatic heterocycles. The Morgan fingerprint density at radius 1 is 1.28 bits per heavy atom. The minimum absolute atomic E-state index is 0.200. The summed E-state index contributed by atoms with van der Waals surface area (Å²) in [6.07, 6.45) is 2.96. The van der Waals surface area contributed by atoms with Crippen LogP contribution in [0.25, 0.3) is 0 Å². The van der Waals surface area contributed by atoms with Crippen LogP contribution in [-0.2, 0) is 7.05 Å². The summed E-state index contributed by atoms with van der Waals surface area (Å²) >= 11 is 3.47. The molecule has 1 heterocycles. The number of nitrogens with one attached hydrogen (secondary N) is 1. The van der Waals surface area contributed by atoms with Crippen LogP contribution in [0, 0.1) is 0 Å². The maximum absolute atomic E-state index is 4.26. The lowest BCUT2D eigenvalue weighted by Gasteiger charge is -2.19. The smallest absolute Gasteiger partial charge is 0.0748 e. The van der Waals surface area contributed by atoms with E-state index in [0.717, 1.165) is 17.4 Å². The first kappa shape index (κ1) is 13.3. The van der Waals surface area contributed by atoms with Gasteiger partial charge in [0.15, 0.2) is 0 Å². The highest BCUT2D eigenvalue weighted by Gasteiger charge is 2.16. The van der Waals surface area contributed by atoms with Crippen molar-refractivity contribution >= 4 is 15.9 Å². The average Bonchev–Trinajstić information content (AvgIpc) is 2.78. The third-order valence-corrected chi connectivity index (χ3v) is 3.49. The second-order valence-electron chi connectivity index (χ2n) is 4.32. The molecule has 0 aliphatic carbocycles. The SMILES string of the molecule is CCCNC(c1ccc(Br)cc1)c1ccnn1C. The predicted octanol–water partition coefficient (Wildman–Crippen LogP) is 3.27. The number of aromatic nitrogens is 2. The van der Waals surface area contributed by atoms with E-state index in [2.05, 4.69) is 63.6 Å². The molecule has 1 atom stereocenters. The Hall–Kier alpha value is -1.13. The van der Waals surface area contributed by atoms with Crippen LogP contribution in [0.15, 0.2) is 41.0 Å². The summed E-state index contributed by atoms with van der Waals surface area (Å²) < 4.78 is 3.03. The van der Waals surface area contributed by atoms with Gasteiger partial charge >= 0.3 is 0 Å². The largest absolute Gasteiger partial charge is 0.305 e. The maximum Gasteiger partial charge on any atom is 0.0748 e. The van der Waals surface area contributed by atoms with E-state index in [4.69, 9.17) is 0 Å². The summed E-state index contributed by atoms with van der Waals surface area (Å²) in [6.45, 7) is 3.17. The zero-order valence-corrected chi connectivity index (χ0v) is 12.3. The van der Waals surface area contributed by atoms with Gasteiger partial charge in [-0.3, -0.25) is 4.68 Å². The molecule has 1 unspecified atom stereocenters. The lowest BCUT2D eigenvalue weighted by atomic mass is 10.0. The van der Waals surface area contributed by atoms with Crippen LogP contribution in [0.2, 0.25) is 0 Å². The highest BCUT2D eigenvalue weighted by molar-refractivity contribution is 9.10. The van der Waals surface area contributed by atoms with Crippen molar-refractivity contribution in [3.8, 4) is 0 Å². The summed E-state index contributed by atoms with van der Waals surface area (Å²) in [5.41, 5.74) is 2.45. The molecule has 1 aromatic heterocycles. The van der Waals surface area contributed by atoms with E-state index in [1.807, 2.05) is 17.9 Å². The van der Waals surface area contributed by atoms with E-state index >= 15 is 0 Å². The zero-order valence-electron chi connectivity index (χ0n) is 10.7. The Balaban J connectivity index is 2.30. The summed E-state index contributed by atoms with van der Waals surface area (Å²) in [4.78, 5) is 0. The number of nitrogens with zero attached hydrogens (tertiary/aromatic N) is 2. The number of aryl methyl sites for hydroxylation is 1. The number of halogens is 1. The summed E-state index contributed by atoms with van der Waals surface area (Å²) in [7, 11) is 1.98. The normalized spacial score (nSPS) is 12.6. The van der Waals surface area contributed by atoms with Gasteiger partial charge in [0.05, 0.1) is 11.7 Å². The minimum atomic E-state index is 0.200. The monoisotopic (exact) mass is 307 g/mol. The van der Waals surface area contributed by atoms with Gasteiger partial charge in [-0.05, 0) is 36.7 Å². The molecule has 0 saturated heterocycles. The lowest BCUT2D eigenvalue weighted by Crippen LogP contribution is -2.25. The van der Waals surface area contributed by atoms with Crippen molar-refractivity contribution in [3.63, 3.8) is 0 Å². The number of hydrogen-bond donors (Lipinski definition) is 1. The Labute approximate surface area is 116 Å². The first-order valence-electron chi connectivity index (χ1n) is 6.19. The van der Waals surface area contributed by atoms with Crippen LogP contribution >= 0.6 is 15.9 Å². The Morgan fingerprint density at radius 3 is 2.56 bits per heavy atom. The molecular weight excluding hydrogens is 290 g/mol. The van der Waals surface area contributed by atoms with E-state index in [1.54, 1.807) is 0 Å². The molecule has 0 saturated carbocycles. The Kier molecular flexibility index (Phi) is 4.55. The van der Waals surface area contributed by atoms with E-state index in [0.29, 0.717) is 0 Å². The minimum Gasteiger partial charge on any atom is -0.305 e. The van der Waals surface area contributed by atoms with Crippen LogP contribution in [0.4, 0.5) is 0 Å².